The van der Waals surface area contributed by atoms with E-state index in [0.717, 1.165) is 5.56 Å². The highest BCUT2D eigenvalue weighted by Crippen LogP contribution is 2.19. The molecule has 1 rings (SSSR count). The molecule has 0 aliphatic heterocycles. The maximum Gasteiger partial charge on any atom is 0.0717 e. The van der Waals surface area contributed by atoms with Gasteiger partial charge in [0.15, 0.2) is 0 Å². The average molecular weight is 184 g/mol. The highest BCUT2D eigenvalue weighted by Gasteiger charge is 2.06. The van der Waals surface area contributed by atoms with Gasteiger partial charge in [-0.1, -0.05) is 6.07 Å². The van der Waals surface area contributed by atoms with Crippen molar-refractivity contribution in [1.82, 2.24) is 0 Å². The molecule has 0 aliphatic rings. The molecule has 0 radical (unpaired) electrons. The van der Waals surface area contributed by atoms with E-state index in [-0.39, 0.29) is 0 Å². The van der Waals surface area contributed by atoms with E-state index >= 15 is 0 Å². The number of nitrogens with one attached hydrogen (secondary N) is 1. The third-order valence-corrected chi connectivity index (χ3v) is 2.80. The van der Waals surface area contributed by atoms with E-state index in [1.165, 1.54) is 6.26 Å². The lowest BCUT2D eigenvalue weighted by molar-refractivity contribution is 0.679. The molecule has 0 heterocycles. The zero-order valence-corrected chi connectivity index (χ0v) is 7.94. The second-order valence-corrected chi connectivity index (χ2v) is 5.01. The van der Waals surface area contributed by atoms with Crippen LogP contribution in [0.1, 0.15) is 5.56 Å². The van der Waals surface area contributed by atoms with Gasteiger partial charge in [0, 0.05) is 11.9 Å². The van der Waals surface area contributed by atoms with Gasteiger partial charge < -0.3 is 5.73 Å². The summed E-state index contributed by atoms with van der Waals surface area (Å²) in [4.78, 5) is 0.424. The van der Waals surface area contributed by atoms with E-state index in [0.29, 0.717) is 10.6 Å². The molecule has 0 fully saturated rings. The van der Waals surface area contributed by atoms with Gasteiger partial charge in [-0.3, -0.25) is 0 Å². The molecular weight excluding hydrogens is 172 g/mol. The minimum Gasteiger partial charge on any atom is -0.398 e. The van der Waals surface area contributed by atoms with Gasteiger partial charge in [0.05, 0.1) is 14.6 Å². The summed E-state index contributed by atoms with van der Waals surface area (Å²) in [5.41, 5.74) is 7.06. The number of hydrogen-bond acceptors (Lipinski definition) is 3. The Kier molecular flexibility index (Phi) is 2.10. The minimum absolute atomic E-state index is 0.424. The Hall–Kier alpha value is -1.03. The van der Waals surface area contributed by atoms with Crippen LogP contribution < -0.4 is 5.73 Å². The molecule has 3 nitrogen and oxygen atoms in total. The van der Waals surface area contributed by atoms with Crippen LogP contribution in [0.4, 0.5) is 5.69 Å². The van der Waals surface area contributed by atoms with Gasteiger partial charge in [0.1, 0.15) is 0 Å². The molecule has 12 heavy (non-hydrogen) atoms. The Bertz CT molecular complexity index is 396. The van der Waals surface area contributed by atoms with Crippen molar-refractivity contribution in [2.45, 2.75) is 11.8 Å². The molecule has 0 bridgehead atoms. The first-order chi connectivity index (χ1) is 5.41. The number of anilines is 1. The molecule has 1 aromatic rings. The Labute approximate surface area is 72.6 Å². The van der Waals surface area contributed by atoms with Crippen LogP contribution in [-0.2, 0) is 9.73 Å². The quantitative estimate of drug-likeness (QED) is 0.651. The fraction of sp³-hybridized carbons (Fsp3) is 0.250. The fourth-order valence-corrected chi connectivity index (χ4v) is 1.86. The second kappa shape index (κ2) is 2.79. The smallest absolute Gasteiger partial charge is 0.0717 e. The standard InChI is InChI=1S/C8H12N2OS/c1-6-3-4-8(7(9)5-6)12(2,10)11/h3-5,10H,9H2,1-2H3/t12-/m0/s1. The Morgan fingerprint density at radius 3 is 2.50 bits per heavy atom. The zero-order valence-electron chi connectivity index (χ0n) is 7.13. The third-order valence-electron chi connectivity index (χ3n) is 1.58. The lowest BCUT2D eigenvalue weighted by Crippen LogP contribution is -2.00. The molecule has 1 aromatic carbocycles. The largest absolute Gasteiger partial charge is 0.398 e. The van der Waals surface area contributed by atoms with Crippen LogP contribution in [-0.4, -0.2) is 10.5 Å². The van der Waals surface area contributed by atoms with Crippen molar-refractivity contribution < 1.29 is 4.21 Å². The summed E-state index contributed by atoms with van der Waals surface area (Å²) < 4.78 is 18.6. The molecule has 66 valence electrons. The van der Waals surface area contributed by atoms with Crippen molar-refractivity contribution in [3.05, 3.63) is 23.8 Å². The van der Waals surface area contributed by atoms with E-state index in [1.54, 1.807) is 12.1 Å². The SMILES string of the molecule is Cc1ccc([S@@](C)(=N)=O)c(N)c1. The summed E-state index contributed by atoms with van der Waals surface area (Å²) in [6.45, 7) is 1.90. The Balaban J connectivity index is 3.39. The van der Waals surface area contributed by atoms with Crippen LogP contribution in [0.5, 0.6) is 0 Å². The van der Waals surface area contributed by atoms with Crippen LogP contribution >= 0.6 is 0 Å². The van der Waals surface area contributed by atoms with Crippen molar-refractivity contribution in [2.24, 2.45) is 0 Å². The van der Waals surface area contributed by atoms with E-state index in [2.05, 4.69) is 0 Å². The number of aryl methyl sites for hydroxylation is 1. The van der Waals surface area contributed by atoms with Gasteiger partial charge in [0.2, 0.25) is 0 Å². The van der Waals surface area contributed by atoms with Crippen molar-refractivity contribution in [1.29, 1.82) is 4.78 Å². The summed E-state index contributed by atoms with van der Waals surface area (Å²) in [7, 11) is -2.68. The monoisotopic (exact) mass is 184 g/mol. The molecule has 0 unspecified atom stereocenters. The normalized spacial score (nSPS) is 15.5. The maximum absolute atomic E-state index is 11.3. The van der Waals surface area contributed by atoms with Gasteiger partial charge in [-0.15, -0.1) is 0 Å². The first-order valence-corrected chi connectivity index (χ1v) is 5.48. The van der Waals surface area contributed by atoms with Gasteiger partial charge in [-0.2, -0.15) is 0 Å². The molecule has 0 aliphatic carbocycles. The van der Waals surface area contributed by atoms with E-state index in [1.807, 2.05) is 13.0 Å². The number of hydrogen-bond donors (Lipinski definition) is 2. The molecule has 0 saturated heterocycles. The van der Waals surface area contributed by atoms with Crippen LogP contribution in [0.3, 0.4) is 0 Å². The van der Waals surface area contributed by atoms with Crippen LogP contribution in [0.25, 0.3) is 0 Å². The number of rotatable bonds is 1. The molecule has 4 heteroatoms. The molecule has 0 saturated carbocycles. The van der Waals surface area contributed by atoms with E-state index in [4.69, 9.17) is 10.5 Å². The summed E-state index contributed by atoms with van der Waals surface area (Å²) >= 11 is 0. The molecule has 0 amide bonds. The number of nitrogens with two attached hydrogens (primary N) is 1. The molecule has 3 N–H and O–H groups in total. The highest BCUT2D eigenvalue weighted by molar-refractivity contribution is 7.91. The number of benzene rings is 1. The first kappa shape index (κ1) is 9.06. The van der Waals surface area contributed by atoms with Gasteiger partial charge in [-0.05, 0) is 24.6 Å². The van der Waals surface area contributed by atoms with E-state index in [9.17, 15) is 4.21 Å². The highest BCUT2D eigenvalue weighted by atomic mass is 32.2. The molecular formula is C8H12N2OS. The summed E-state index contributed by atoms with van der Waals surface area (Å²) in [6.07, 6.45) is 1.37. The van der Waals surface area contributed by atoms with Crippen molar-refractivity contribution in [3.63, 3.8) is 0 Å². The van der Waals surface area contributed by atoms with Crippen molar-refractivity contribution >= 4 is 15.4 Å². The minimum atomic E-state index is -2.68. The zero-order chi connectivity index (χ0) is 9.35. The molecule has 1 atom stereocenters. The van der Waals surface area contributed by atoms with Crippen LogP contribution in [0.15, 0.2) is 23.1 Å². The van der Waals surface area contributed by atoms with E-state index < -0.39 is 9.73 Å². The fourth-order valence-electron chi connectivity index (χ4n) is 1.02. The van der Waals surface area contributed by atoms with Gasteiger partial charge in [-0.25, -0.2) is 8.99 Å². The predicted octanol–water partition coefficient (Wildman–Crippen LogP) is 1.61. The lowest BCUT2D eigenvalue weighted by Gasteiger charge is -2.05. The predicted molar refractivity (Wildman–Crippen MR) is 50.6 cm³/mol. The van der Waals surface area contributed by atoms with Gasteiger partial charge in [0.25, 0.3) is 0 Å². The van der Waals surface area contributed by atoms with Crippen LogP contribution in [0.2, 0.25) is 0 Å². The molecule has 0 aromatic heterocycles. The molecule has 0 spiro atoms. The summed E-state index contributed by atoms with van der Waals surface area (Å²) in [6, 6.07) is 5.19. The van der Waals surface area contributed by atoms with Crippen molar-refractivity contribution in [2.75, 3.05) is 12.0 Å². The van der Waals surface area contributed by atoms with Crippen molar-refractivity contribution in [3.8, 4) is 0 Å². The summed E-state index contributed by atoms with van der Waals surface area (Å²) in [5, 5.41) is 0. The lowest BCUT2D eigenvalue weighted by atomic mass is 10.2. The van der Waals surface area contributed by atoms with Gasteiger partial charge >= 0.3 is 0 Å². The number of nitrogen functional groups attached to an aromatic ring is 1. The summed E-state index contributed by atoms with van der Waals surface area (Å²) in [5.74, 6) is 0. The first-order valence-electron chi connectivity index (χ1n) is 3.51. The second-order valence-electron chi connectivity index (χ2n) is 2.88. The Morgan fingerprint density at radius 2 is 2.08 bits per heavy atom. The Morgan fingerprint density at radius 1 is 1.50 bits per heavy atom. The third kappa shape index (κ3) is 1.76. The average Bonchev–Trinajstić information content (AvgIpc) is 1.83. The topological polar surface area (TPSA) is 66.9 Å². The van der Waals surface area contributed by atoms with Crippen LogP contribution in [0, 0.1) is 11.7 Å². The maximum atomic E-state index is 11.3.